The highest BCUT2D eigenvalue weighted by molar-refractivity contribution is 9.10. The summed E-state index contributed by atoms with van der Waals surface area (Å²) in [6, 6.07) is 24.6. The van der Waals surface area contributed by atoms with Gasteiger partial charge in [-0.1, -0.05) is 76.6 Å². The molecule has 3 heteroatoms. The van der Waals surface area contributed by atoms with Crippen LogP contribution in [-0.2, 0) is 0 Å². The van der Waals surface area contributed by atoms with Gasteiger partial charge in [0, 0.05) is 16.3 Å². The summed E-state index contributed by atoms with van der Waals surface area (Å²) < 4.78 is 14.3. The smallest absolute Gasteiger partial charge is 0.123 e. The van der Waals surface area contributed by atoms with Gasteiger partial charge < -0.3 is 0 Å². The average molecular weight is 368 g/mol. The average Bonchev–Trinajstić information content (AvgIpc) is 2.60. The normalized spacial score (nSPS) is 11.3. The number of benzene rings is 3. The van der Waals surface area contributed by atoms with Crippen molar-refractivity contribution in [2.45, 2.75) is 6.04 Å². The van der Waals surface area contributed by atoms with Gasteiger partial charge in [0.25, 0.3) is 0 Å². The fraction of sp³-hybridized carbons (Fsp3) is 0.0500. The quantitative estimate of drug-likeness (QED) is 0.517. The van der Waals surface area contributed by atoms with Crippen molar-refractivity contribution in [3.8, 4) is 0 Å². The van der Waals surface area contributed by atoms with Crippen molar-refractivity contribution in [3.05, 3.63) is 106 Å². The van der Waals surface area contributed by atoms with E-state index in [4.69, 9.17) is 4.99 Å². The summed E-state index contributed by atoms with van der Waals surface area (Å²) >= 11 is 3.44. The number of halogens is 2. The molecule has 0 saturated carbocycles. The Kier molecular flexibility index (Phi) is 4.99. The molecule has 0 aliphatic heterocycles. The van der Waals surface area contributed by atoms with Crippen molar-refractivity contribution < 1.29 is 4.39 Å². The van der Waals surface area contributed by atoms with Gasteiger partial charge in [0.05, 0.1) is 6.04 Å². The van der Waals surface area contributed by atoms with Gasteiger partial charge in [0.2, 0.25) is 0 Å². The van der Waals surface area contributed by atoms with Crippen molar-refractivity contribution in [2.24, 2.45) is 4.99 Å². The summed E-state index contributed by atoms with van der Waals surface area (Å²) in [6.45, 7) is 0. The third-order valence-electron chi connectivity index (χ3n) is 3.55. The summed E-state index contributed by atoms with van der Waals surface area (Å²) in [5.74, 6) is -0.273. The molecule has 0 amide bonds. The minimum absolute atomic E-state index is 0.118. The zero-order valence-electron chi connectivity index (χ0n) is 12.4. The van der Waals surface area contributed by atoms with E-state index in [0.29, 0.717) is 0 Å². The number of nitrogens with zero attached hydrogens (tertiary/aromatic N) is 1. The van der Waals surface area contributed by atoms with E-state index in [-0.39, 0.29) is 11.9 Å². The van der Waals surface area contributed by atoms with E-state index in [0.717, 1.165) is 21.2 Å². The predicted octanol–water partition coefficient (Wildman–Crippen LogP) is 5.80. The Labute approximate surface area is 143 Å². The first-order valence-corrected chi connectivity index (χ1v) is 8.11. The van der Waals surface area contributed by atoms with Crippen molar-refractivity contribution in [1.29, 1.82) is 0 Å². The maximum absolute atomic E-state index is 13.4. The SMILES string of the molecule is Fc1ccc(Br)c(/C=N/C(c2ccccc2)c2ccccc2)c1. The van der Waals surface area contributed by atoms with Crippen LogP contribution in [0.1, 0.15) is 22.7 Å². The van der Waals surface area contributed by atoms with Crippen LogP contribution in [0.4, 0.5) is 4.39 Å². The van der Waals surface area contributed by atoms with Gasteiger partial charge in [-0.05, 0) is 29.3 Å². The van der Waals surface area contributed by atoms with Crippen LogP contribution in [-0.4, -0.2) is 6.21 Å². The summed E-state index contributed by atoms with van der Waals surface area (Å²) in [6.07, 6.45) is 1.72. The molecule has 3 aromatic rings. The Hall–Kier alpha value is -2.26. The second kappa shape index (κ2) is 7.34. The maximum atomic E-state index is 13.4. The maximum Gasteiger partial charge on any atom is 0.123 e. The molecule has 23 heavy (non-hydrogen) atoms. The van der Waals surface area contributed by atoms with Crippen LogP contribution in [0.2, 0.25) is 0 Å². The molecular weight excluding hydrogens is 353 g/mol. The van der Waals surface area contributed by atoms with E-state index in [1.54, 1.807) is 12.3 Å². The van der Waals surface area contributed by atoms with Crippen LogP contribution in [0.15, 0.2) is 88.3 Å². The van der Waals surface area contributed by atoms with Crippen LogP contribution < -0.4 is 0 Å². The number of rotatable bonds is 4. The molecule has 0 saturated heterocycles. The highest BCUT2D eigenvalue weighted by Gasteiger charge is 2.11. The molecular formula is C20H15BrFN. The Morgan fingerprint density at radius 1 is 0.826 bits per heavy atom. The minimum atomic E-state index is -0.273. The van der Waals surface area contributed by atoms with Gasteiger partial charge in [0.15, 0.2) is 0 Å². The molecule has 0 fully saturated rings. The van der Waals surface area contributed by atoms with Crippen LogP contribution in [0.3, 0.4) is 0 Å². The van der Waals surface area contributed by atoms with E-state index in [1.165, 1.54) is 12.1 Å². The molecule has 114 valence electrons. The fourth-order valence-corrected chi connectivity index (χ4v) is 2.75. The summed E-state index contributed by atoms with van der Waals surface area (Å²) in [4.78, 5) is 4.71. The standard InChI is InChI=1S/C20H15BrFN/c21-19-12-11-18(22)13-17(19)14-23-20(15-7-3-1-4-8-15)16-9-5-2-6-10-16/h1-14,20H/b23-14+. The molecule has 0 atom stereocenters. The molecule has 0 heterocycles. The summed E-state index contributed by atoms with van der Waals surface area (Å²) in [7, 11) is 0. The molecule has 0 aliphatic rings. The molecule has 3 aromatic carbocycles. The largest absolute Gasteiger partial charge is 0.280 e. The Balaban J connectivity index is 1.99. The lowest BCUT2D eigenvalue weighted by atomic mass is 9.99. The van der Waals surface area contributed by atoms with Gasteiger partial charge in [0.1, 0.15) is 5.82 Å². The van der Waals surface area contributed by atoms with Crippen LogP contribution >= 0.6 is 15.9 Å². The number of hydrogen-bond acceptors (Lipinski definition) is 1. The van der Waals surface area contributed by atoms with Crippen molar-refractivity contribution in [3.63, 3.8) is 0 Å². The molecule has 0 radical (unpaired) electrons. The monoisotopic (exact) mass is 367 g/mol. The lowest BCUT2D eigenvalue weighted by molar-refractivity contribution is 0.627. The molecule has 0 spiro atoms. The van der Waals surface area contributed by atoms with Gasteiger partial charge in [-0.3, -0.25) is 4.99 Å². The lowest BCUT2D eigenvalue weighted by Gasteiger charge is -2.13. The van der Waals surface area contributed by atoms with Crippen LogP contribution in [0, 0.1) is 5.82 Å². The molecule has 0 bridgehead atoms. The van der Waals surface area contributed by atoms with Gasteiger partial charge in [-0.15, -0.1) is 0 Å². The Morgan fingerprint density at radius 3 is 1.96 bits per heavy atom. The van der Waals surface area contributed by atoms with E-state index >= 15 is 0 Å². The molecule has 0 unspecified atom stereocenters. The summed E-state index contributed by atoms with van der Waals surface area (Å²) in [5, 5.41) is 0. The first-order valence-electron chi connectivity index (χ1n) is 7.32. The topological polar surface area (TPSA) is 12.4 Å². The minimum Gasteiger partial charge on any atom is -0.280 e. The van der Waals surface area contributed by atoms with E-state index in [2.05, 4.69) is 40.2 Å². The third-order valence-corrected chi connectivity index (χ3v) is 4.27. The predicted molar refractivity (Wildman–Crippen MR) is 96.4 cm³/mol. The Bertz CT molecular complexity index is 761. The second-order valence-electron chi connectivity index (χ2n) is 5.17. The van der Waals surface area contributed by atoms with E-state index in [9.17, 15) is 4.39 Å². The number of hydrogen-bond donors (Lipinski definition) is 0. The van der Waals surface area contributed by atoms with Gasteiger partial charge in [-0.2, -0.15) is 0 Å². The second-order valence-corrected chi connectivity index (χ2v) is 6.02. The van der Waals surface area contributed by atoms with Crippen molar-refractivity contribution in [1.82, 2.24) is 0 Å². The van der Waals surface area contributed by atoms with Crippen LogP contribution in [0.5, 0.6) is 0 Å². The Morgan fingerprint density at radius 2 is 1.39 bits per heavy atom. The van der Waals surface area contributed by atoms with Crippen molar-refractivity contribution in [2.75, 3.05) is 0 Å². The highest BCUT2D eigenvalue weighted by atomic mass is 79.9. The molecule has 0 aliphatic carbocycles. The molecule has 0 aromatic heterocycles. The molecule has 3 rings (SSSR count). The third kappa shape index (κ3) is 3.93. The van der Waals surface area contributed by atoms with E-state index in [1.807, 2.05) is 36.4 Å². The number of aliphatic imine (C=N–C) groups is 1. The zero-order chi connectivity index (χ0) is 16.1. The van der Waals surface area contributed by atoms with Gasteiger partial charge in [-0.25, -0.2) is 4.39 Å². The molecule has 0 N–H and O–H groups in total. The lowest BCUT2D eigenvalue weighted by Crippen LogP contribution is -1.99. The first kappa shape index (κ1) is 15.6. The van der Waals surface area contributed by atoms with E-state index < -0.39 is 0 Å². The van der Waals surface area contributed by atoms with Crippen molar-refractivity contribution >= 4 is 22.1 Å². The van der Waals surface area contributed by atoms with Crippen LogP contribution in [0.25, 0.3) is 0 Å². The zero-order valence-corrected chi connectivity index (χ0v) is 13.9. The first-order chi connectivity index (χ1) is 11.2. The fourth-order valence-electron chi connectivity index (χ4n) is 2.40. The van der Waals surface area contributed by atoms with Gasteiger partial charge >= 0.3 is 0 Å². The molecule has 1 nitrogen and oxygen atoms in total. The summed E-state index contributed by atoms with van der Waals surface area (Å²) in [5.41, 5.74) is 2.92. The highest BCUT2D eigenvalue weighted by Crippen LogP contribution is 2.26.